The molecule has 0 aliphatic rings. The van der Waals surface area contributed by atoms with E-state index in [1.807, 2.05) is 19.0 Å². The van der Waals surface area contributed by atoms with Crippen molar-refractivity contribution in [2.45, 2.75) is 12.5 Å². The minimum atomic E-state index is -0.506. The lowest BCUT2D eigenvalue weighted by Gasteiger charge is -2.14. The first-order valence-electron chi connectivity index (χ1n) is 4.04. The Hall–Kier alpha value is -1.14. The van der Waals surface area contributed by atoms with Gasteiger partial charge in [-0.3, -0.25) is 4.98 Å². The molecule has 0 aliphatic heterocycles. The third-order valence-corrected chi connectivity index (χ3v) is 1.56. The van der Waals surface area contributed by atoms with Crippen molar-refractivity contribution >= 4 is 0 Å². The normalized spacial score (nSPS) is 13.5. The Balaban J connectivity index is 2.45. The number of likely N-dealkylation sites (N-methyl/N-ethyl adjacent to an activating group) is 1. The van der Waals surface area contributed by atoms with Crippen LogP contribution in [0.1, 0.15) is 5.82 Å². The van der Waals surface area contributed by atoms with Crippen LogP contribution in [-0.4, -0.2) is 51.9 Å². The van der Waals surface area contributed by atoms with Crippen molar-refractivity contribution < 1.29 is 5.11 Å². The molecule has 1 heterocycles. The molecule has 0 saturated heterocycles. The van der Waals surface area contributed by atoms with E-state index in [4.69, 9.17) is 0 Å². The lowest BCUT2D eigenvalue weighted by atomic mass is 10.2. The summed E-state index contributed by atoms with van der Waals surface area (Å²) in [5.41, 5.74) is -0.341. The highest BCUT2D eigenvalue weighted by atomic mass is 16.3. The van der Waals surface area contributed by atoms with Crippen LogP contribution in [0.5, 0.6) is 0 Å². The van der Waals surface area contributed by atoms with E-state index < -0.39 is 6.10 Å². The van der Waals surface area contributed by atoms with Gasteiger partial charge in [0, 0.05) is 13.0 Å². The largest absolute Gasteiger partial charge is 0.391 e. The average Bonchev–Trinajstić information content (AvgIpc) is 2.33. The van der Waals surface area contributed by atoms with Crippen LogP contribution in [0.3, 0.4) is 0 Å². The molecule has 0 spiro atoms. The second kappa shape index (κ2) is 4.20. The van der Waals surface area contributed by atoms with Crippen LogP contribution in [0.2, 0.25) is 0 Å². The molecule has 1 unspecified atom stereocenters. The average molecular weight is 186 g/mol. The van der Waals surface area contributed by atoms with Crippen molar-refractivity contribution in [3.63, 3.8) is 0 Å². The third-order valence-electron chi connectivity index (χ3n) is 1.56. The van der Waals surface area contributed by atoms with E-state index in [0.717, 1.165) is 0 Å². The zero-order valence-corrected chi connectivity index (χ0v) is 7.74. The molecule has 0 bridgehead atoms. The molecule has 74 valence electrons. The first kappa shape index (κ1) is 9.94. The molecular weight excluding hydrogens is 172 g/mol. The summed E-state index contributed by atoms with van der Waals surface area (Å²) >= 11 is 0. The molecule has 1 aromatic heterocycles. The Kier molecular flexibility index (Phi) is 3.21. The van der Waals surface area contributed by atoms with Crippen LogP contribution in [0.4, 0.5) is 0 Å². The number of H-pyrrole nitrogens is 2. The van der Waals surface area contributed by atoms with E-state index in [1.54, 1.807) is 0 Å². The van der Waals surface area contributed by atoms with Gasteiger partial charge in [0.2, 0.25) is 0 Å². The van der Waals surface area contributed by atoms with Crippen molar-refractivity contribution in [3.8, 4) is 0 Å². The summed E-state index contributed by atoms with van der Waals surface area (Å²) in [6.45, 7) is 0.550. The smallest absolute Gasteiger partial charge is 0.340 e. The minimum absolute atomic E-state index is 0.341. The monoisotopic (exact) mass is 186 g/mol. The number of aliphatic hydroxyl groups excluding tert-OH is 1. The van der Waals surface area contributed by atoms with Crippen molar-refractivity contribution in [1.29, 1.82) is 0 Å². The van der Waals surface area contributed by atoms with Gasteiger partial charge in [-0.25, -0.2) is 9.89 Å². The summed E-state index contributed by atoms with van der Waals surface area (Å²) < 4.78 is 0. The SMILES string of the molecule is CN(C)CC(O)Cc1n[nH]c(=O)[nH]1. The number of aromatic nitrogens is 3. The molecule has 6 heteroatoms. The predicted molar refractivity (Wildman–Crippen MR) is 47.5 cm³/mol. The van der Waals surface area contributed by atoms with Gasteiger partial charge in [0.05, 0.1) is 6.10 Å². The summed E-state index contributed by atoms with van der Waals surface area (Å²) in [6, 6.07) is 0. The number of rotatable bonds is 4. The molecule has 1 atom stereocenters. The number of aromatic amines is 2. The zero-order chi connectivity index (χ0) is 9.84. The fourth-order valence-corrected chi connectivity index (χ4v) is 1.11. The fourth-order valence-electron chi connectivity index (χ4n) is 1.11. The van der Waals surface area contributed by atoms with E-state index >= 15 is 0 Å². The van der Waals surface area contributed by atoms with E-state index in [9.17, 15) is 9.90 Å². The highest BCUT2D eigenvalue weighted by Gasteiger charge is 2.08. The van der Waals surface area contributed by atoms with E-state index in [0.29, 0.717) is 18.8 Å². The number of hydrogen-bond acceptors (Lipinski definition) is 4. The molecule has 0 aliphatic carbocycles. The molecule has 0 aromatic carbocycles. The molecule has 0 amide bonds. The standard InChI is InChI=1S/C7H14N4O2/c1-11(2)4-5(12)3-6-8-7(13)10-9-6/h5,12H,3-4H2,1-2H3,(H2,8,9,10,13). The Labute approximate surface area is 75.6 Å². The summed E-state index contributed by atoms with van der Waals surface area (Å²) in [7, 11) is 3.74. The molecule has 3 N–H and O–H groups in total. The van der Waals surface area contributed by atoms with Crippen LogP contribution in [0.15, 0.2) is 4.79 Å². The number of nitrogens with one attached hydrogen (secondary N) is 2. The van der Waals surface area contributed by atoms with Crippen molar-refractivity contribution in [1.82, 2.24) is 20.1 Å². The second-order valence-electron chi connectivity index (χ2n) is 3.24. The maximum atomic E-state index is 10.6. The summed E-state index contributed by atoms with van der Waals surface area (Å²) in [6.07, 6.45) is -0.148. The number of aliphatic hydroxyl groups is 1. The Morgan fingerprint density at radius 2 is 2.31 bits per heavy atom. The van der Waals surface area contributed by atoms with Gasteiger partial charge in [-0.15, -0.1) is 0 Å². The highest BCUT2D eigenvalue weighted by Crippen LogP contribution is 1.94. The first-order chi connectivity index (χ1) is 6.08. The zero-order valence-electron chi connectivity index (χ0n) is 7.74. The quantitative estimate of drug-likeness (QED) is 0.538. The van der Waals surface area contributed by atoms with Gasteiger partial charge in [-0.05, 0) is 14.1 Å². The third kappa shape index (κ3) is 3.39. The molecule has 1 aromatic rings. The Bertz CT molecular complexity index is 303. The predicted octanol–water partition coefficient (Wildman–Crippen LogP) is -1.44. The lowest BCUT2D eigenvalue weighted by Crippen LogP contribution is -2.27. The van der Waals surface area contributed by atoms with Crippen LogP contribution in [-0.2, 0) is 6.42 Å². The molecule has 0 saturated carbocycles. The second-order valence-corrected chi connectivity index (χ2v) is 3.24. The molecule has 1 rings (SSSR count). The van der Waals surface area contributed by atoms with Gasteiger partial charge in [0.25, 0.3) is 0 Å². The van der Waals surface area contributed by atoms with E-state index in [1.165, 1.54) is 0 Å². The van der Waals surface area contributed by atoms with E-state index in [-0.39, 0.29) is 5.69 Å². The topological polar surface area (TPSA) is 85.0 Å². The molecular formula is C7H14N4O2. The fraction of sp³-hybridized carbons (Fsp3) is 0.714. The van der Waals surface area contributed by atoms with Gasteiger partial charge in [-0.1, -0.05) is 0 Å². The molecule has 13 heavy (non-hydrogen) atoms. The summed E-state index contributed by atoms with van der Waals surface area (Å²) in [5.74, 6) is 0.486. The molecule has 6 nitrogen and oxygen atoms in total. The Morgan fingerprint density at radius 1 is 1.62 bits per heavy atom. The molecule has 0 radical (unpaired) electrons. The maximum Gasteiger partial charge on any atom is 0.340 e. The van der Waals surface area contributed by atoms with Gasteiger partial charge in [0.1, 0.15) is 5.82 Å². The van der Waals surface area contributed by atoms with Crippen LogP contribution in [0, 0.1) is 0 Å². The summed E-state index contributed by atoms with van der Waals surface area (Å²) in [5, 5.41) is 15.4. The summed E-state index contributed by atoms with van der Waals surface area (Å²) in [4.78, 5) is 15.0. The van der Waals surface area contributed by atoms with Crippen LogP contribution < -0.4 is 5.69 Å². The van der Waals surface area contributed by atoms with Crippen molar-refractivity contribution in [2.75, 3.05) is 20.6 Å². The molecule has 0 fully saturated rings. The van der Waals surface area contributed by atoms with Gasteiger partial charge < -0.3 is 10.0 Å². The van der Waals surface area contributed by atoms with E-state index in [2.05, 4.69) is 15.2 Å². The highest BCUT2D eigenvalue weighted by molar-refractivity contribution is 4.84. The number of nitrogens with zero attached hydrogens (tertiary/aromatic N) is 2. The number of hydrogen-bond donors (Lipinski definition) is 3. The van der Waals surface area contributed by atoms with Crippen LogP contribution in [0.25, 0.3) is 0 Å². The Morgan fingerprint density at radius 3 is 2.77 bits per heavy atom. The van der Waals surface area contributed by atoms with Gasteiger partial charge in [0.15, 0.2) is 0 Å². The van der Waals surface area contributed by atoms with Crippen molar-refractivity contribution in [3.05, 3.63) is 16.3 Å². The van der Waals surface area contributed by atoms with Gasteiger partial charge in [-0.2, -0.15) is 5.10 Å². The van der Waals surface area contributed by atoms with Crippen LogP contribution >= 0.6 is 0 Å². The van der Waals surface area contributed by atoms with Gasteiger partial charge >= 0.3 is 5.69 Å². The minimum Gasteiger partial charge on any atom is -0.391 e. The first-order valence-corrected chi connectivity index (χ1v) is 4.04. The lowest BCUT2D eigenvalue weighted by molar-refractivity contribution is 0.135. The maximum absolute atomic E-state index is 10.6. The van der Waals surface area contributed by atoms with Crippen molar-refractivity contribution in [2.24, 2.45) is 0 Å².